The summed E-state index contributed by atoms with van der Waals surface area (Å²) in [5.41, 5.74) is -2.37. The number of para-hydroxylation sites is 1. The molecule has 0 bridgehead atoms. The van der Waals surface area contributed by atoms with E-state index in [1.807, 2.05) is 0 Å². The first-order chi connectivity index (χ1) is 11.6. The molecule has 2 aromatic rings. The average molecular weight is 355 g/mol. The van der Waals surface area contributed by atoms with Gasteiger partial charge in [-0.2, -0.15) is 13.2 Å². The van der Waals surface area contributed by atoms with Crippen LogP contribution in [0.1, 0.15) is 18.2 Å². The minimum atomic E-state index is -4.59. The molecule has 3 amide bonds. The van der Waals surface area contributed by atoms with Crippen LogP contribution in [-0.4, -0.2) is 45.6 Å². The molecular weight excluding hydrogens is 339 g/mol. The van der Waals surface area contributed by atoms with Crippen molar-refractivity contribution in [1.82, 2.24) is 15.2 Å². The maximum absolute atomic E-state index is 13.3. The van der Waals surface area contributed by atoms with Crippen LogP contribution in [0.2, 0.25) is 0 Å². The number of hydrogen-bond donors (Lipinski definition) is 3. The molecule has 3 N–H and O–H groups in total. The van der Waals surface area contributed by atoms with Gasteiger partial charge in [0.1, 0.15) is 5.69 Å². The molecule has 25 heavy (non-hydrogen) atoms. The van der Waals surface area contributed by atoms with E-state index in [0.717, 1.165) is 4.90 Å². The Morgan fingerprint density at radius 3 is 2.64 bits per heavy atom. The largest absolute Gasteiger partial charge is 0.431 e. The summed E-state index contributed by atoms with van der Waals surface area (Å²) in [7, 11) is 0. The van der Waals surface area contributed by atoms with Crippen molar-refractivity contribution in [2.24, 2.45) is 0 Å². The third-order valence-electron chi connectivity index (χ3n) is 4.22. The molecule has 1 aliphatic heterocycles. The van der Waals surface area contributed by atoms with Crippen molar-refractivity contribution < 1.29 is 27.9 Å². The molecule has 1 unspecified atom stereocenters. The molecule has 1 aromatic carbocycles. The third kappa shape index (κ3) is 3.07. The number of hydrogen-bond acceptors (Lipinski definition) is 3. The van der Waals surface area contributed by atoms with Crippen molar-refractivity contribution in [3.63, 3.8) is 0 Å². The smallest absolute Gasteiger partial charge is 0.378 e. The van der Waals surface area contributed by atoms with Gasteiger partial charge in [0.25, 0.3) is 5.91 Å². The van der Waals surface area contributed by atoms with Crippen molar-refractivity contribution in [3.05, 3.63) is 35.5 Å². The van der Waals surface area contributed by atoms with Crippen LogP contribution in [0, 0.1) is 0 Å². The van der Waals surface area contributed by atoms with Crippen LogP contribution < -0.4 is 5.32 Å². The van der Waals surface area contributed by atoms with Crippen LogP contribution in [-0.2, 0) is 17.4 Å². The first-order valence-electron chi connectivity index (χ1n) is 7.60. The summed E-state index contributed by atoms with van der Waals surface area (Å²) in [5, 5.41) is 12.7. The number of β-amino-alcohol motifs (C(OH)–C–C–N with tert-alkyl or cyclic N) is 1. The minimum Gasteiger partial charge on any atom is -0.378 e. The lowest BCUT2D eigenvalue weighted by atomic mass is 10.0. The number of fused-ring (bicyclic) bond motifs is 1. The molecule has 0 radical (unpaired) electrons. The van der Waals surface area contributed by atoms with Crippen molar-refractivity contribution >= 4 is 22.8 Å². The predicted molar refractivity (Wildman–Crippen MR) is 82.7 cm³/mol. The van der Waals surface area contributed by atoms with Gasteiger partial charge in [-0.15, -0.1) is 0 Å². The fraction of sp³-hybridized carbons (Fsp3) is 0.375. The number of nitrogens with zero attached hydrogens (tertiary/aromatic N) is 1. The molecule has 1 aliphatic rings. The zero-order valence-corrected chi connectivity index (χ0v) is 13.3. The number of halogens is 3. The highest BCUT2D eigenvalue weighted by Crippen LogP contribution is 2.35. The Labute approximate surface area is 140 Å². The molecule has 1 atom stereocenters. The Bertz CT molecular complexity index is 842. The lowest BCUT2D eigenvalue weighted by molar-refractivity contribution is -0.148. The molecule has 0 saturated carbocycles. The van der Waals surface area contributed by atoms with E-state index in [-0.39, 0.29) is 25.1 Å². The number of imide groups is 1. The van der Waals surface area contributed by atoms with Gasteiger partial charge in [0.15, 0.2) is 5.60 Å². The Hall–Kier alpha value is -2.55. The summed E-state index contributed by atoms with van der Waals surface area (Å²) in [6, 6.07) is 5.57. The highest BCUT2D eigenvalue weighted by molar-refractivity contribution is 6.01. The van der Waals surface area contributed by atoms with Gasteiger partial charge in [0.05, 0.1) is 6.54 Å². The predicted octanol–water partition coefficient (Wildman–Crippen LogP) is 2.03. The Morgan fingerprint density at radius 1 is 1.28 bits per heavy atom. The average Bonchev–Trinajstić information content (AvgIpc) is 2.91. The van der Waals surface area contributed by atoms with Gasteiger partial charge in [0.2, 0.25) is 0 Å². The number of aliphatic hydroxyl groups is 1. The topological polar surface area (TPSA) is 85.4 Å². The van der Waals surface area contributed by atoms with E-state index < -0.39 is 29.4 Å². The van der Waals surface area contributed by atoms with Gasteiger partial charge >= 0.3 is 12.2 Å². The number of amides is 3. The van der Waals surface area contributed by atoms with E-state index >= 15 is 0 Å². The van der Waals surface area contributed by atoms with E-state index in [1.54, 1.807) is 18.2 Å². The fourth-order valence-electron chi connectivity index (χ4n) is 2.93. The first kappa shape index (κ1) is 17.3. The summed E-state index contributed by atoms with van der Waals surface area (Å²) in [5.74, 6) is -0.829. The Kier molecular flexibility index (Phi) is 3.98. The molecule has 9 heteroatoms. The lowest BCUT2D eigenvalue weighted by Gasteiger charge is -2.35. The molecule has 0 aliphatic carbocycles. The normalized spacial score (nSPS) is 21.7. The van der Waals surface area contributed by atoms with Gasteiger partial charge in [-0.3, -0.25) is 9.69 Å². The standard InChI is InChI=1S/C16H16F3N3O3/c1-15(25)8-20-14(24)22(13(15)23)7-6-10-9-4-2-3-5-11(9)21-12(10)16(17,18)19/h2-5,21,25H,6-8H2,1H3,(H,20,24). The lowest BCUT2D eigenvalue weighted by Crippen LogP contribution is -2.63. The molecule has 3 rings (SSSR count). The summed E-state index contributed by atoms with van der Waals surface area (Å²) in [6.07, 6.45) is -4.78. The zero-order valence-electron chi connectivity index (χ0n) is 13.3. The zero-order chi connectivity index (χ0) is 18.4. The van der Waals surface area contributed by atoms with E-state index in [4.69, 9.17) is 0 Å². The molecule has 0 spiro atoms. The second-order valence-corrected chi connectivity index (χ2v) is 6.16. The molecule has 134 valence electrons. The minimum absolute atomic E-state index is 0.0195. The van der Waals surface area contributed by atoms with E-state index in [9.17, 15) is 27.9 Å². The van der Waals surface area contributed by atoms with Crippen LogP contribution in [0.25, 0.3) is 10.9 Å². The number of rotatable bonds is 3. The second-order valence-electron chi connectivity index (χ2n) is 6.16. The van der Waals surface area contributed by atoms with Crippen molar-refractivity contribution in [3.8, 4) is 0 Å². The monoisotopic (exact) mass is 355 g/mol. The molecule has 6 nitrogen and oxygen atoms in total. The van der Waals surface area contributed by atoms with Crippen molar-refractivity contribution in [2.45, 2.75) is 25.1 Å². The number of aromatic nitrogens is 1. The number of carbonyl (C=O) groups excluding carboxylic acids is 2. The van der Waals surface area contributed by atoms with Crippen molar-refractivity contribution in [2.75, 3.05) is 13.1 Å². The number of aromatic amines is 1. The van der Waals surface area contributed by atoms with E-state index in [1.165, 1.54) is 13.0 Å². The van der Waals surface area contributed by atoms with Gasteiger partial charge in [0, 0.05) is 17.4 Å². The van der Waals surface area contributed by atoms with E-state index in [2.05, 4.69) is 10.3 Å². The molecule has 1 fully saturated rings. The number of H-pyrrole nitrogens is 1. The second kappa shape index (κ2) is 5.76. The molecule has 1 aromatic heterocycles. The van der Waals surface area contributed by atoms with Crippen molar-refractivity contribution in [1.29, 1.82) is 0 Å². The van der Waals surface area contributed by atoms with Gasteiger partial charge in [-0.1, -0.05) is 18.2 Å². The number of alkyl halides is 3. The maximum Gasteiger partial charge on any atom is 0.431 e. The summed E-state index contributed by atoms with van der Waals surface area (Å²) in [6.45, 7) is 0.738. The van der Waals surface area contributed by atoms with Gasteiger partial charge < -0.3 is 15.4 Å². The summed E-state index contributed by atoms with van der Waals surface area (Å²) < 4.78 is 39.9. The number of benzene rings is 1. The molecule has 1 saturated heterocycles. The van der Waals surface area contributed by atoms with Gasteiger partial charge in [-0.05, 0) is 25.0 Å². The SMILES string of the molecule is CC1(O)CNC(=O)N(CCc2c(C(F)(F)F)[nH]c3ccccc23)C1=O. The number of nitrogens with one attached hydrogen (secondary N) is 2. The van der Waals surface area contributed by atoms with Crippen LogP contribution in [0.3, 0.4) is 0 Å². The summed E-state index contributed by atoms with van der Waals surface area (Å²) >= 11 is 0. The summed E-state index contributed by atoms with van der Waals surface area (Å²) in [4.78, 5) is 27.1. The molecule has 2 heterocycles. The first-order valence-corrected chi connectivity index (χ1v) is 7.60. The molecular formula is C16H16F3N3O3. The van der Waals surface area contributed by atoms with E-state index in [0.29, 0.717) is 10.9 Å². The van der Waals surface area contributed by atoms with Crippen LogP contribution in [0.15, 0.2) is 24.3 Å². The highest BCUT2D eigenvalue weighted by Gasteiger charge is 2.42. The quantitative estimate of drug-likeness (QED) is 0.788. The Morgan fingerprint density at radius 2 is 1.96 bits per heavy atom. The number of urea groups is 1. The maximum atomic E-state index is 13.3. The highest BCUT2D eigenvalue weighted by atomic mass is 19.4. The Balaban J connectivity index is 1.93. The van der Waals surface area contributed by atoms with Crippen LogP contribution in [0.4, 0.5) is 18.0 Å². The van der Waals surface area contributed by atoms with Crippen LogP contribution >= 0.6 is 0 Å². The fourth-order valence-corrected chi connectivity index (χ4v) is 2.93. The number of carbonyl (C=O) groups is 2. The third-order valence-corrected chi connectivity index (χ3v) is 4.22. The van der Waals surface area contributed by atoms with Gasteiger partial charge in [-0.25, -0.2) is 4.79 Å². The van der Waals surface area contributed by atoms with Crippen LogP contribution in [0.5, 0.6) is 0 Å².